The Morgan fingerprint density at radius 1 is 1.50 bits per heavy atom. The topological polar surface area (TPSA) is 63.2 Å². The third-order valence-electron chi connectivity index (χ3n) is 1.64. The molecule has 0 spiro atoms. The zero-order chi connectivity index (χ0) is 11.2. The van der Waals surface area contributed by atoms with Gasteiger partial charge in [-0.2, -0.15) is 0 Å². The Labute approximate surface area is 89.9 Å². The van der Waals surface area contributed by atoms with Crippen LogP contribution in [-0.2, 0) is 14.6 Å². The number of carbonyl (C=O) groups is 1. The minimum atomic E-state index is -3.22. The van der Waals surface area contributed by atoms with Crippen molar-refractivity contribution in [3.63, 3.8) is 0 Å². The third-order valence-corrected chi connectivity index (χ3v) is 2.65. The second-order valence-electron chi connectivity index (χ2n) is 3.46. The first-order valence-electron chi connectivity index (χ1n) is 4.35. The Hall–Kier alpha value is -0.290. The van der Waals surface area contributed by atoms with Gasteiger partial charge >= 0.3 is 0 Å². The monoisotopic (exact) mass is 241 g/mol. The third kappa shape index (κ3) is 8.31. The van der Waals surface area contributed by atoms with Gasteiger partial charge in [-0.15, -0.1) is 11.6 Å². The maximum absolute atomic E-state index is 11.0. The van der Waals surface area contributed by atoms with Crippen molar-refractivity contribution < 1.29 is 13.2 Å². The lowest BCUT2D eigenvalue weighted by Crippen LogP contribution is -2.33. The van der Waals surface area contributed by atoms with Crippen molar-refractivity contribution in [3.05, 3.63) is 0 Å². The fraction of sp³-hybridized carbons (Fsp3) is 0.875. The molecule has 1 N–H and O–H groups in total. The summed E-state index contributed by atoms with van der Waals surface area (Å²) in [6.07, 6.45) is 1.84. The number of sulfone groups is 1. The van der Waals surface area contributed by atoms with E-state index in [9.17, 15) is 13.2 Å². The maximum Gasteiger partial charge on any atom is 0.235 e. The highest BCUT2D eigenvalue weighted by molar-refractivity contribution is 7.91. The highest BCUT2D eigenvalue weighted by atomic mass is 35.5. The largest absolute Gasteiger partial charge is 0.355 e. The van der Waals surface area contributed by atoms with Crippen molar-refractivity contribution in [3.8, 4) is 0 Å². The normalized spacial score (nSPS) is 13.6. The van der Waals surface area contributed by atoms with E-state index in [1.165, 1.54) is 0 Å². The van der Waals surface area contributed by atoms with Crippen LogP contribution in [0.25, 0.3) is 0 Å². The molecule has 1 amide bonds. The van der Waals surface area contributed by atoms with E-state index >= 15 is 0 Å². The van der Waals surface area contributed by atoms with Crippen LogP contribution in [0.15, 0.2) is 0 Å². The summed E-state index contributed by atoms with van der Waals surface area (Å²) in [6, 6.07) is 0. The molecule has 0 saturated heterocycles. The molecule has 0 aromatic rings. The van der Waals surface area contributed by atoms with Crippen LogP contribution in [0.1, 0.15) is 13.3 Å². The predicted molar refractivity (Wildman–Crippen MR) is 57.2 cm³/mol. The standard InChI is InChI=1S/C8H16ClNO3S/c1-7(3-4-9)5-10-8(11)6-14(2,12)13/h7H,3-6H2,1-2H3,(H,10,11). The minimum absolute atomic E-state index is 0.274. The molecular weight excluding hydrogens is 226 g/mol. The molecule has 0 aliphatic rings. The van der Waals surface area contributed by atoms with Crippen LogP contribution in [0.5, 0.6) is 0 Å². The molecule has 14 heavy (non-hydrogen) atoms. The van der Waals surface area contributed by atoms with Gasteiger partial charge in [0.25, 0.3) is 0 Å². The van der Waals surface area contributed by atoms with Crippen molar-refractivity contribution in [2.24, 2.45) is 5.92 Å². The molecule has 84 valence electrons. The number of rotatable bonds is 6. The number of amides is 1. The Bertz CT molecular complexity index is 276. The number of alkyl halides is 1. The minimum Gasteiger partial charge on any atom is -0.355 e. The molecule has 0 heterocycles. The van der Waals surface area contributed by atoms with E-state index in [0.717, 1.165) is 12.7 Å². The van der Waals surface area contributed by atoms with E-state index in [-0.39, 0.29) is 5.92 Å². The number of nitrogens with one attached hydrogen (secondary N) is 1. The van der Waals surface area contributed by atoms with Crippen molar-refractivity contribution >= 4 is 27.3 Å². The lowest BCUT2D eigenvalue weighted by atomic mass is 10.1. The van der Waals surface area contributed by atoms with Gasteiger partial charge in [-0.1, -0.05) is 6.92 Å². The fourth-order valence-corrected chi connectivity index (χ4v) is 1.82. The van der Waals surface area contributed by atoms with Gasteiger partial charge < -0.3 is 5.32 Å². The predicted octanol–water partition coefficient (Wildman–Crippen LogP) is 0.412. The van der Waals surface area contributed by atoms with Crippen molar-refractivity contribution in [2.75, 3.05) is 24.4 Å². The van der Waals surface area contributed by atoms with Crippen molar-refractivity contribution in [1.82, 2.24) is 5.32 Å². The van der Waals surface area contributed by atoms with E-state index in [1.807, 2.05) is 6.92 Å². The Balaban J connectivity index is 3.75. The number of hydrogen-bond donors (Lipinski definition) is 1. The molecule has 1 atom stereocenters. The molecule has 0 radical (unpaired) electrons. The molecular formula is C8H16ClNO3S. The van der Waals surface area contributed by atoms with E-state index < -0.39 is 21.5 Å². The van der Waals surface area contributed by atoms with E-state index in [2.05, 4.69) is 5.32 Å². The van der Waals surface area contributed by atoms with Crippen LogP contribution in [0.4, 0.5) is 0 Å². The first-order chi connectivity index (χ1) is 6.35. The molecule has 0 aliphatic heterocycles. The van der Waals surface area contributed by atoms with Gasteiger partial charge in [0.2, 0.25) is 5.91 Å². The van der Waals surface area contributed by atoms with Crippen LogP contribution >= 0.6 is 11.6 Å². The lowest BCUT2D eigenvalue weighted by Gasteiger charge is -2.10. The molecule has 6 heteroatoms. The second kappa shape index (κ2) is 6.24. The van der Waals surface area contributed by atoms with Crippen LogP contribution in [-0.4, -0.2) is 38.8 Å². The van der Waals surface area contributed by atoms with E-state index in [4.69, 9.17) is 11.6 Å². The Morgan fingerprint density at radius 2 is 2.07 bits per heavy atom. The number of hydrogen-bond acceptors (Lipinski definition) is 3. The van der Waals surface area contributed by atoms with Crippen molar-refractivity contribution in [2.45, 2.75) is 13.3 Å². The number of halogens is 1. The summed E-state index contributed by atoms with van der Waals surface area (Å²) in [7, 11) is -3.22. The summed E-state index contributed by atoms with van der Waals surface area (Å²) in [5, 5.41) is 2.55. The first-order valence-corrected chi connectivity index (χ1v) is 6.95. The maximum atomic E-state index is 11.0. The van der Waals surface area contributed by atoms with Crippen LogP contribution in [0, 0.1) is 5.92 Å². The molecule has 1 unspecified atom stereocenters. The molecule has 0 rings (SSSR count). The second-order valence-corrected chi connectivity index (χ2v) is 5.98. The average Bonchev–Trinajstić information content (AvgIpc) is 1.98. The molecule has 0 aliphatic carbocycles. The molecule has 0 aromatic carbocycles. The van der Waals surface area contributed by atoms with Gasteiger partial charge in [0, 0.05) is 18.7 Å². The van der Waals surface area contributed by atoms with Crippen LogP contribution in [0.2, 0.25) is 0 Å². The molecule has 0 fully saturated rings. The van der Waals surface area contributed by atoms with Gasteiger partial charge in [-0.3, -0.25) is 4.79 Å². The van der Waals surface area contributed by atoms with E-state index in [1.54, 1.807) is 0 Å². The summed E-state index contributed by atoms with van der Waals surface area (Å²) in [4.78, 5) is 11.0. The summed E-state index contributed by atoms with van der Waals surface area (Å²) in [5.74, 6) is -0.0751. The Kier molecular flexibility index (Phi) is 6.11. The summed E-state index contributed by atoms with van der Waals surface area (Å²) >= 11 is 5.51. The average molecular weight is 242 g/mol. The van der Waals surface area contributed by atoms with Crippen LogP contribution in [0.3, 0.4) is 0 Å². The smallest absolute Gasteiger partial charge is 0.235 e. The summed E-state index contributed by atoms with van der Waals surface area (Å²) < 4.78 is 21.5. The van der Waals surface area contributed by atoms with Gasteiger partial charge in [0.15, 0.2) is 9.84 Å². The lowest BCUT2D eigenvalue weighted by molar-refractivity contribution is -0.118. The van der Waals surface area contributed by atoms with E-state index in [0.29, 0.717) is 12.4 Å². The summed E-state index contributed by atoms with van der Waals surface area (Å²) in [5.41, 5.74) is 0. The number of carbonyl (C=O) groups excluding carboxylic acids is 1. The van der Waals surface area contributed by atoms with Crippen molar-refractivity contribution in [1.29, 1.82) is 0 Å². The van der Waals surface area contributed by atoms with Gasteiger partial charge in [0.1, 0.15) is 5.75 Å². The highest BCUT2D eigenvalue weighted by Crippen LogP contribution is 2.00. The molecule has 0 aromatic heterocycles. The SMILES string of the molecule is CC(CCCl)CNC(=O)CS(C)(=O)=O. The van der Waals surface area contributed by atoms with Gasteiger partial charge in [-0.25, -0.2) is 8.42 Å². The molecule has 0 bridgehead atoms. The highest BCUT2D eigenvalue weighted by Gasteiger charge is 2.11. The first kappa shape index (κ1) is 13.7. The zero-order valence-electron chi connectivity index (χ0n) is 8.42. The quantitative estimate of drug-likeness (QED) is 0.686. The Morgan fingerprint density at radius 3 is 2.50 bits per heavy atom. The summed E-state index contributed by atoms with van der Waals surface area (Å²) in [6.45, 7) is 2.42. The zero-order valence-corrected chi connectivity index (χ0v) is 9.99. The van der Waals surface area contributed by atoms with Crippen LogP contribution < -0.4 is 5.32 Å². The molecule has 0 saturated carbocycles. The fourth-order valence-electron chi connectivity index (χ4n) is 0.866. The van der Waals surface area contributed by atoms with Gasteiger partial charge in [-0.05, 0) is 12.3 Å². The molecule has 4 nitrogen and oxygen atoms in total. The van der Waals surface area contributed by atoms with Gasteiger partial charge in [0.05, 0.1) is 0 Å².